The van der Waals surface area contributed by atoms with Crippen molar-refractivity contribution in [3.05, 3.63) is 11.9 Å². The second-order valence-electron chi connectivity index (χ2n) is 2.10. The van der Waals surface area contributed by atoms with Gasteiger partial charge in [0, 0.05) is 7.05 Å². The van der Waals surface area contributed by atoms with Crippen molar-refractivity contribution in [2.45, 2.75) is 6.04 Å². The molecule has 60 valence electrons. The lowest BCUT2D eigenvalue weighted by molar-refractivity contribution is -0.138. The number of carboxylic acid groups (broad SMARTS) is 1. The van der Waals surface area contributed by atoms with Crippen molar-refractivity contribution >= 4 is 5.97 Å². The Hall–Kier alpha value is -1.43. The van der Waals surface area contributed by atoms with Gasteiger partial charge in [-0.15, -0.1) is 5.10 Å². The van der Waals surface area contributed by atoms with Crippen LogP contribution in [-0.4, -0.2) is 26.1 Å². The van der Waals surface area contributed by atoms with Gasteiger partial charge in [0.05, 0.1) is 11.9 Å². The summed E-state index contributed by atoms with van der Waals surface area (Å²) in [5.74, 6) is -1.09. The smallest absolute Gasteiger partial charge is 0.326 e. The lowest BCUT2D eigenvalue weighted by Crippen LogP contribution is -2.23. The number of hydrogen-bond donors (Lipinski definition) is 2. The molecule has 0 saturated heterocycles. The van der Waals surface area contributed by atoms with Crippen LogP contribution >= 0.6 is 0 Å². The summed E-state index contributed by atoms with van der Waals surface area (Å²) in [6.07, 6.45) is 1.33. The van der Waals surface area contributed by atoms with Crippen LogP contribution in [0.3, 0.4) is 0 Å². The lowest BCUT2D eigenvalue weighted by Gasteiger charge is -2.03. The van der Waals surface area contributed by atoms with Gasteiger partial charge in [-0.25, -0.2) is 0 Å². The number of nitrogens with two attached hydrogens (primary N) is 1. The van der Waals surface area contributed by atoms with Gasteiger partial charge < -0.3 is 10.8 Å². The maximum Gasteiger partial charge on any atom is 0.326 e. The van der Waals surface area contributed by atoms with Crippen molar-refractivity contribution < 1.29 is 9.90 Å². The van der Waals surface area contributed by atoms with Gasteiger partial charge in [0.1, 0.15) is 6.04 Å². The fourth-order valence-electron chi connectivity index (χ4n) is 0.706. The Kier molecular flexibility index (Phi) is 1.86. The van der Waals surface area contributed by atoms with Crippen LogP contribution in [0.2, 0.25) is 0 Å². The minimum absolute atomic E-state index is 0.387. The molecule has 0 aliphatic carbocycles. The minimum Gasteiger partial charge on any atom is -0.480 e. The van der Waals surface area contributed by atoms with Crippen molar-refractivity contribution in [1.29, 1.82) is 0 Å². The van der Waals surface area contributed by atoms with Gasteiger partial charge in [0.25, 0.3) is 0 Å². The molecule has 6 heteroatoms. The molecule has 1 unspecified atom stereocenters. The van der Waals surface area contributed by atoms with Crippen molar-refractivity contribution in [2.24, 2.45) is 12.8 Å². The molecule has 0 aromatic carbocycles. The molecule has 3 N–H and O–H groups in total. The third kappa shape index (κ3) is 1.35. The van der Waals surface area contributed by atoms with E-state index in [1.165, 1.54) is 10.9 Å². The van der Waals surface area contributed by atoms with Crippen LogP contribution in [-0.2, 0) is 11.8 Å². The maximum absolute atomic E-state index is 10.4. The van der Waals surface area contributed by atoms with Crippen molar-refractivity contribution in [1.82, 2.24) is 15.0 Å². The molecule has 0 spiro atoms. The first-order chi connectivity index (χ1) is 5.13. The van der Waals surface area contributed by atoms with Gasteiger partial charge in [0.2, 0.25) is 0 Å². The molecule has 1 atom stereocenters. The summed E-state index contributed by atoms with van der Waals surface area (Å²) in [6.45, 7) is 0. The average Bonchev–Trinajstić information content (AvgIpc) is 2.33. The van der Waals surface area contributed by atoms with Gasteiger partial charge in [-0.1, -0.05) is 5.21 Å². The van der Waals surface area contributed by atoms with Crippen molar-refractivity contribution in [2.75, 3.05) is 0 Å². The van der Waals surface area contributed by atoms with E-state index in [0.29, 0.717) is 5.69 Å². The highest BCUT2D eigenvalue weighted by atomic mass is 16.4. The minimum atomic E-state index is -1.09. The van der Waals surface area contributed by atoms with Crippen molar-refractivity contribution in [3.63, 3.8) is 0 Å². The number of hydrogen-bond acceptors (Lipinski definition) is 4. The molecule has 0 aliphatic rings. The summed E-state index contributed by atoms with van der Waals surface area (Å²) in [7, 11) is 1.59. The van der Waals surface area contributed by atoms with E-state index in [9.17, 15) is 4.79 Å². The highest BCUT2D eigenvalue weighted by Gasteiger charge is 2.17. The molecular weight excluding hydrogens is 148 g/mol. The van der Waals surface area contributed by atoms with Crippen LogP contribution in [0.15, 0.2) is 6.20 Å². The average molecular weight is 156 g/mol. The Balaban J connectivity index is 2.92. The highest BCUT2D eigenvalue weighted by Crippen LogP contribution is 2.05. The molecule has 0 fully saturated rings. The number of aromatic nitrogens is 3. The number of carboxylic acids is 1. The number of nitrogens with zero attached hydrogens (tertiary/aromatic N) is 3. The zero-order chi connectivity index (χ0) is 8.43. The zero-order valence-corrected chi connectivity index (χ0v) is 5.93. The summed E-state index contributed by atoms with van der Waals surface area (Å²) in [5, 5.41) is 15.5. The van der Waals surface area contributed by atoms with Crippen LogP contribution in [0.4, 0.5) is 0 Å². The van der Waals surface area contributed by atoms with Crippen LogP contribution in [0.25, 0.3) is 0 Å². The Bertz CT molecular complexity index is 269. The first-order valence-electron chi connectivity index (χ1n) is 2.96. The molecule has 1 rings (SSSR count). The van der Waals surface area contributed by atoms with E-state index in [-0.39, 0.29) is 0 Å². The fraction of sp³-hybridized carbons (Fsp3) is 0.400. The fourth-order valence-corrected chi connectivity index (χ4v) is 0.706. The Morgan fingerprint density at radius 2 is 2.55 bits per heavy atom. The first-order valence-corrected chi connectivity index (χ1v) is 2.96. The summed E-state index contributed by atoms with van der Waals surface area (Å²) in [4.78, 5) is 10.4. The molecule has 1 aromatic heterocycles. The predicted octanol–water partition coefficient (Wildman–Crippen LogP) is -1.10. The lowest BCUT2D eigenvalue weighted by atomic mass is 10.2. The number of aliphatic carboxylic acids is 1. The number of aryl methyl sites for hydroxylation is 1. The molecule has 11 heavy (non-hydrogen) atoms. The van der Waals surface area contributed by atoms with E-state index < -0.39 is 12.0 Å². The molecule has 0 amide bonds. The van der Waals surface area contributed by atoms with E-state index in [0.717, 1.165) is 0 Å². The Morgan fingerprint density at radius 3 is 2.91 bits per heavy atom. The zero-order valence-electron chi connectivity index (χ0n) is 5.93. The third-order valence-corrected chi connectivity index (χ3v) is 1.33. The van der Waals surface area contributed by atoms with Gasteiger partial charge in [-0.2, -0.15) is 0 Å². The van der Waals surface area contributed by atoms with Gasteiger partial charge in [-0.3, -0.25) is 9.48 Å². The van der Waals surface area contributed by atoms with Crippen molar-refractivity contribution in [3.8, 4) is 0 Å². The molecule has 1 aromatic rings. The molecule has 0 saturated carbocycles. The van der Waals surface area contributed by atoms with Gasteiger partial charge >= 0.3 is 5.97 Å². The van der Waals surface area contributed by atoms with E-state index in [1.54, 1.807) is 7.05 Å². The van der Waals surface area contributed by atoms with E-state index in [2.05, 4.69) is 10.3 Å². The number of rotatable bonds is 2. The second kappa shape index (κ2) is 2.67. The molecule has 0 aliphatic heterocycles. The Morgan fingerprint density at radius 1 is 1.91 bits per heavy atom. The van der Waals surface area contributed by atoms with Crippen LogP contribution in [0, 0.1) is 0 Å². The monoisotopic (exact) mass is 156 g/mol. The quantitative estimate of drug-likeness (QED) is 0.566. The van der Waals surface area contributed by atoms with E-state index >= 15 is 0 Å². The summed E-state index contributed by atoms with van der Waals surface area (Å²) < 4.78 is 1.33. The van der Waals surface area contributed by atoms with Gasteiger partial charge in [-0.05, 0) is 0 Å². The van der Waals surface area contributed by atoms with Gasteiger partial charge in [0.15, 0.2) is 0 Å². The SMILES string of the molecule is Cn1nncc1C(N)C(=O)O. The van der Waals surface area contributed by atoms with E-state index in [4.69, 9.17) is 10.8 Å². The predicted molar refractivity (Wildman–Crippen MR) is 35.6 cm³/mol. The van der Waals surface area contributed by atoms with E-state index in [1.807, 2.05) is 0 Å². The Labute approximate surface area is 62.6 Å². The highest BCUT2D eigenvalue weighted by molar-refractivity contribution is 5.74. The van der Waals surface area contributed by atoms with Crippen LogP contribution in [0.1, 0.15) is 11.7 Å². The summed E-state index contributed by atoms with van der Waals surface area (Å²) >= 11 is 0. The standard InChI is InChI=1S/C5H8N4O2/c1-9-3(2-7-8-9)4(6)5(10)11/h2,4H,6H2,1H3,(H,10,11). The molecule has 1 heterocycles. The number of carbonyl (C=O) groups is 1. The first kappa shape index (κ1) is 7.67. The second-order valence-corrected chi connectivity index (χ2v) is 2.10. The summed E-state index contributed by atoms with van der Waals surface area (Å²) in [6, 6.07) is -1.05. The molecule has 0 radical (unpaired) electrons. The normalized spacial score (nSPS) is 12.9. The summed E-state index contributed by atoms with van der Waals surface area (Å²) in [5.41, 5.74) is 5.67. The van der Waals surface area contributed by atoms with Crippen LogP contribution in [0.5, 0.6) is 0 Å². The van der Waals surface area contributed by atoms with Crippen LogP contribution < -0.4 is 5.73 Å². The topological polar surface area (TPSA) is 94.0 Å². The largest absolute Gasteiger partial charge is 0.480 e. The third-order valence-electron chi connectivity index (χ3n) is 1.33. The molecule has 6 nitrogen and oxygen atoms in total. The molecular formula is C5H8N4O2. The maximum atomic E-state index is 10.4. The molecule has 0 bridgehead atoms.